The third kappa shape index (κ3) is 4.65. The van der Waals surface area contributed by atoms with Crippen molar-refractivity contribution in [2.24, 2.45) is 5.11 Å². The summed E-state index contributed by atoms with van der Waals surface area (Å²) in [5.41, 5.74) is 12.9. The molecule has 7 heteroatoms. The molecule has 2 aromatic rings. The van der Waals surface area contributed by atoms with E-state index in [4.69, 9.17) is 22.2 Å². The molecule has 1 heterocycles. The van der Waals surface area contributed by atoms with E-state index in [0.717, 1.165) is 31.3 Å². The molecule has 0 amide bonds. The average molecular weight is 361 g/mol. The van der Waals surface area contributed by atoms with E-state index in [2.05, 4.69) is 21.0 Å². The first-order valence-corrected chi connectivity index (χ1v) is 8.34. The van der Waals surface area contributed by atoms with E-state index in [1.54, 1.807) is 0 Å². The monoisotopic (exact) mass is 360 g/mol. The van der Waals surface area contributed by atoms with Crippen molar-refractivity contribution in [1.82, 2.24) is 0 Å². The van der Waals surface area contributed by atoms with Crippen molar-refractivity contribution in [3.05, 3.63) is 69.1 Å². The van der Waals surface area contributed by atoms with Gasteiger partial charge in [0.15, 0.2) is 0 Å². The van der Waals surface area contributed by atoms with Crippen LogP contribution < -0.4 is 4.90 Å². The molecule has 0 saturated heterocycles. The number of azide groups is 1. The predicted molar refractivity (Wildman–Crippen MR) is 100 cm³/mol. The van der Waals surface area contributed by atoms with Gasteiger partial charge in [-0.15, -0.1) is 0 Å². The fourth-order valence-electron chi connectivity index (χ4n) is 2.98. The van der Waals surface area contributed by atoms with E-state index in [9.17, 15) is 5.11 Å². The first-order valence-electron chi connectivity index (χ1n) is 7.96. The molecule has 132 valence electrons. The number of para-hydroxylation sites is 1. The molecule has 0 aromatic heterocycles. The highest BCUT2D eigenvalue weighted by Gasteiger charge is 2.22. The summed E-state index contributed by atoms with van der Waals surface area (Å²) >= 11 is 6.19. The highest BCUT2D eigenvalue weighted by molar-refractivity contribution is 6.30. The maximum atomic E-state index is 10.2. The minimum atomic E-state index is -0.746. The molecule has 1 atom stereocenters. The number of nitrogens with zero attached hydrogens (tertiary/aromatic N) is 4. The Morgan fingerprint density at radius 2 is 1.84 bits per heavy atom. The molecule has 0 spiro atoms. The predicted octanol–water partition coefficient (Wildman–Crippen LogP) is 3.86. The van der Waals surface area contributed by atoms with Gasteiger partial charge in [0, 0.05) is 35.0 Å². The molecule has 25 heavy (non-hydrogen) atoms. The Balaban J connectivity index is 0.00000109. The van der Waals surface area contributed by atoms with Crippen LogP contribution in [0.5, 0.6) is 0 Å². The second-order valence-electron chi connectivity index (χ2n) is 5.58. The maximum absolute atomic E-state index is 10.2. The molecule has 0 radical (unpaired) electrons. The van der Waals surface area contributed by atoms with E-state index < -0.39 is 6.10 Å². The molecule has 2 aromatic carbocycles. The molecule has 0 saturated carbocycles. The van der Waals surface area contributed by atoms with Crippen molar-refractivity contribution in [1.29, 1.82) is 0 Å². The first kappa shape index (κ1) is 19.1. The van der Waals surface area contributed by atoms with Crippen molar-refractivity contribution in [3.63, 3.8) is 0 Å². The molecule has 6 nitrogen and oxygen atoms in total. The Bertz CT molecular complexity index is 762. The fourth-order valence-corrected chi connectivity index (χ4v) is 3.15. The molecule has 1 unspecified atom stereocenters. The lowest BCUT2D eigenvalue weighted by atomic mass is 10.0. The summed E-state index contributed by atoms with van der Waals surface area (Å²) in [6.45, 7) is 0.397. The Hall–Kier alpha value is -2.24. The number of aryl methyl sites for hydroxylation is 2. The average Bonchev–Trinajstić information content (AvgIpc) is 2.79. The molecule has 0 fully saturated rings. The van der Waals surface area contributed by atoms with Crippen LogP contribution in [0.4, 0.5) is 11.4 Å². The van der Waals surface area contributed by atoms with Crippen LogP contribution in [0.15, 0.2) is 47.6 Å². The maximum Gasteiger partial charge on any atom is 0.0775 e. The Kier molecular flexibility index (Phi) is 7.10. The van der Waals surface area contributed by atoms with Gasteiger partial charge in [-0.1, -0.05) is 41.0 Å². The second kappa shape index (κ2) is 9.30. The highest BCUT2D eigenvalue weighted by Crippen LogP contribution is 2.37. The number of hydrogen-bond acceptors (Lipinski definition) is 4. The lowest BCUT2D eigenvalue weighted by Crippen LogP contribution is -2.31. The minimum absolute atomic E-state index is 0.0467. The van der Waals surface area contributed by atoms with Gasteiger partial charge in [0.25, 0.3) is 0 Å². The zero-order valence-corrected chi connectivity index (χ0v) is 14.8. The fraction of sp³-hybridized carbons (Fsp3) is 0.333. The van der Waals surface area contributed by atoms with E-state index in [1.165, 1.54) is 11.1 Å². The molecule has 1 aliphatic rings. The number of anilines is 2. The van der Waals surface area contributed by atoms with Crippen LogP contribution in [0.2, 0.25) is 5.02 Å². The van der Waals surface area contributed by atoms with Gasteiger partial charge >= 0.3 is 0 Å². The van der Waals surface area contributed by atoms with Gasteiger partial charge in [-0.25, -0.2) is 0 Å². The number of rotatable bonds is 4. The number of aliphatic hydroxyl groups excluding tert-OH is 2. The lowest BCUT2D eigenvalue weighted by Gasteiger charge is -2.29. The van der Waals surface area contributed by atoms with Crippen molar-refractivity contribution in [3.8, 4) is 0 Å². The van der Waals surface area contributed by atoms with Gasteiger partial charge in [-0.2, -0.15) is 0 Å². The summed E-state index contributed by atoms with van der Waals surface area (Å²) in [6.07, 6.45) is 1.11. The quantitative estimate of drug-likeness (QED) is 0.492. The first-order chi connectivity index (χ1) is 12.2. The van der Waals surface area contributed by atoms with Crippen molar-refractivity contribution in [2.75, 3.05) is 25.1 Å². The third-order valence-electron chi connectivity index (χ3n) is 4.03. The summed E-state index contributed by atoms with van der Waals surface area (Å²) in [4.78, 5) is 4.79. The molecule has 2 N–H and O–H groups in total. The van der Waals surface area contributed by atoms with Crippen LogP contribution in [0, 0.1) is 0 Å². The van der Waals surface area contributed by atoms with E-state index in [-0.39, 0.29) is 6.54 Å². The zero-order valence-electron chi connectivity index (χ0n) is 14.0. The van der Waals surface area contributed by atoms with Crippen molar-refractivity contribution < 1.29 is 10.2 Å². The van der Waals surface area contributed by atoms with Crippen LogP contribution in [-0.2, 0) is 12.8 Å². The second-order valence-corrected chi connectivity index (χ2v) is 6.02. The van der Waals surface area contributed by atoms with Gasteiger partial charge in [-0.05, 0) is 47.7 Å². The summed E-state index contributed by atoms with van der Waals surface area (Å²) in [5, 5.41) is 21.3. The number of aliphatic hydroxyl groups is 2. The molecule has 0 aliphatic carbocycles. The third-order valence-corrected chi connectivity index (χ3v) is 4.27. The number of halogens is 1. The van der Waals surface area contributed by atoms with E-state index in [1.807, 2.05) is 36.4 Å². The minimum Gasteiger partial charge on any atom is -0.400 e. The standard InChI is InChI=1S/C17H17ClN4O.CH4O/c18-14-8-7-13-6-5-12-3-1-2-4-16(12)22(17(13)9-14)11-15(23)10-20-21-19;1-2/h1-4,7-9,15,23H,5-6,10-11H2;2H,1H3. The SMILES string of the molecule is CO.[N-]=[N+]=NCC(O)CN1c2ccccc2CCc2ccc(Cl)cc21. The number of fused-ring (bicyclic) bond motifs is 2. The normalized spacial score (nSPS) is 13.4. The summed E-state index contributed by atoms with van der Waals surface area (Å²) in [7, 11) is 1.00. The smallest absolute Gasteiger partial charge is 0.0775 e. The van der Waals surface area contributed by atoms with Crippen LogP contribution in [-0.4, -0.2) is 36.5 Å². The van der Waals surface area contributed by atoms with Gasteiger partial charge in [0.2, 0.25) is 0 Å². The molecule has 1 aliphatic heterocycles. The van der Waals surface area contributed by atoms with Crippen molar-refractivity contribution >= 4 is 23.0 Å². The molecule has 0 bridgehead atoms. The summed E-state index contributed by atoms with van der Waals surface area (Å²) in [5.74, 6) is 0. The van der Waals surface area contributed by atoms with Gasteiger partial charge in [0.1, 0.15) is 0 Å². The Morgan fingerprint density at radius 3 is 2.56 bits per heavy atom. The number of hydrogen-bond donors (Lipinski definition) is 2. The van der Waals surface area contributed by atoms with E-state index >= 15 is 0 Å². The van der Waals surface area contributed by atoms with Gasteiger partial charge in [-0.3, -0.25) is 0 Å². The Labute approximate surface area is 151 Å². The zero-order chi connectivity index (χ0) is 18.2. The molecular weight excluding hydrogens is 340 g/mol. The number of benzene rings is 2. The van der Waals surface area contributed by atoms with Gasteiger partial charge < -0.3 is 15.1 Å². The summed E-state index contributed by atoms with van der Waals surface area (Å²) in [6, 6.07) is 14.0. The summed E-state index contributed by atoms with van der Waals surface area (Å²) < 4.78 is 0. The van der Waals surface area contributed by atoms with Gasteiger partial charge in [0.05, 0.1) is 12.6 Å². The van der Waals surface area contributed by atoms with Crippen LogP contribution in [0.1, 0.15) is 11.1 Å². The van der Waals surface area contributed by atoms with Crippen LogP contribution in [0.25, 0.3) is 10.4 Å². The van der Waals surface area contributed by atoms with Crippen molar-refractivity contribution in [2.45, 2.75) is 18.9 Å². The Morgan fingerprint density at radius 1 is 1.16 bits per heavy atom. The van der Waals surface area contributed by atoms with Crippen LogP contribution >= 0.6 is 11.6 Å². The topological polar surface area (TPSA) is 92.5 Å². The lowest BCUT2D eigenvalue weighted by molar-refractivity contribution is 0.191. The number of β-amino-alcohol motifs (C(OH)–C–C–N with tert-alkyl or cyclic N) is 1. The van der Waals surface area contributed by atoms with Crippen LogP contribution in [0.3, 0.4) is 0 Å². The van der Waals surface area contributed by atoms with E-state index in [0.29, 0.717) is 11.6 Å². The largest absolute Gasteiger partial charge is 0.400 e. The molecular formula is C18H21ClN4O2. The molecule has 3 rings (SSSR count). The highest BCUT2D eigenvalue weighted by atomic mass is 35.5.